The second kappa shape index (κ2) is 17.6. The van der Waals surface area contributed by atoms with Crippen LogP contribution in [0.2, 0.25) is 0 Å². The molecule has 0 fully saturated rings. The van der Waals surface area contributed by atoms with Crippen molar-refractivity contribution in [2.75, 3.05) is 6.61 Å². The van der Waals surface area contributed by atoms with E-state index in [2.05, 4.69) is 12.2 Å². The van der Waals surface area contributed by atoms with Gasteiger partial charge in [0.1, 0.15) is 18.4 Å². The van der Waals surface area contributed by atoms with Crippen molar-refractivity contribution >= 4 is 6.09 Å². The van der Waals surface area contributed by atoms with Crippen LogP contribution in [-0.4, -0.2) is 34.7 Å². The maximum Gasteiger partial charge on any atom is 0.409 e. The van der Waals surface area contributed by atoms with E-state index in [1.54, 1.807) is 0 Å². The molecule has 2 atom stereocenters. The summed E-state index contributed by atoms with van der Waals surface area (Å²) in [4.78, 5) is 12.0. The minimum absolute atomic E-state index is 0.0823. The Hall–Kier alpha value is -1.89. The van der Waals surface area contributed by atoms with Crippen LogP contribution in [0, 0.1) is 0 Å². The molecule has 0 spiro atoms. The Labute approximate surface area is 194 Å². The Bertz CT molecular complexity index is 624. The third kappa shape index (κ3) is 12.8. The van der Waals surface area contributed by atoms with Gasteiger partial charge in [0, 0.05) is 0 Å². The number of carbonyl (C=O) groups excluding carboxylic acids is 1. The number of nitrogens with one attached hydrogen (secondary N) is 1. The molecule has 1 aromatic carbocycles. The van der Waals surface area contributed by atoms with Gasteiger partial charge in [-0.15, -0.1) is 0 Å². The number of hydrogen-bond acceptors (Lipinski definition) is 5. The van der Waals surface area contributed by atoms with E-state index >= 15 is 0 Å². The summed E-state index contributed by atoms with van der Waals surface area (Å²) < 4.78 is 5.12. The van der Waals surface area contributed by atoms with E-state index in [1.165, 1.54) is 63.9 Å². The maximum absolute atomic E-state index is 12.0. The summed E-state index contributed by atoms with van der Waals surface area (Å²) in [6.07, 6.45) is 16.4. The highest BCUT2D eigenvalue weighted by atomic mass is 16.5. The molecule has 0 bridgehead atoms. The molecule has 32 heavy (non-hydrogen) atoms. The summed E-state index contributed by atoms with van der Waals surface area (Å²) in [7, 11) is 0. The SMILES string of the molecule is CCCCCCCCCCCCCC=CC(O)C(N)(CO)NC(=O)OCc1ccccc1. The maximum atomic E-state index is 12.0. The molecular weight excluding hydrogens is 404 g/mol. The van der Waals surface area contributed by atoms with Crippen LogP contribution in [0.1, 0.15) is 89.5 Å². The molecule has 0 aromatic heterocycles. The van der Waals surface area contributed by atoms with E-state index in [4.69, 9.17) is 10.5 Å². The highest BCUT2D eigenvalue weighted by molar-refractivity contribution is 5.68. The van der Waals surface area contributed by atoms with E-state index in [0.717, 1.165) is 24.8 Å². The van der Waals surface area contributed by atoms with Crippen LogP contribution >= 0.6 is 0 Å². The van der Waals surface area contributed by atoms with Crippen LogP contribution in [0.15, 0.2) is 42.5 Å². The zero-order valence-electron chi connectivity index (χ0n) is 19.8. The number of ether oxygens (including phenoxy) is 1. The van der Waals surface area contributed by atoms with Crippen LogP contribution in [0.3, 0.4) is 0 Å². The van der Waals surface area contributed by atoms with Crippen molar-refractivity contribution in [1.82, 2.24) is 5.32 Å². The first-order valence-corrected chi connectivity index (χ1v) is 12.2. The molecule has 0 aliphatic carbocycles. The van der Waals surface area contributed by atoms with Gasteiger partial charge >= 0.3 is 6.09 Å². The predicted molar refractivity (Wildman–Crippen MR) is 130 cm³/mol. The fraction of sp³-hybridized carbons (Fsp3) is 0.654. The quantitative estimate of drug-likeness (QED) is 0.141. The molecule has 2 unspecified atom stereocenters. The largest absolute Gasteiger partial charge is 0.445 e. The number of hydrogen-bond donors (Lipinski definition) is 4. The van der Waals surface area contributed by atoms with E-state index in [-0.39, 0.29) is 6.61 Å². The van der Waals surface area contributed by atoms with Gasteiger partial charge in [0.2, 0.25) is 0 Å². The first kappa shape index (κ1) is 28.1. The number of unbranched alkanes of at least 4 members (excludes halogenated alkanes) is 11. The van der Waals surface area contributed by atoms with E-state index in [0.29, 0.717) is 0 Å². The average Bonchev–Trinajstić information content (AvgIpc) is 2.81. The van der Waals surface area contributed by atoms with Gasteiger partial charge in [0.05, 0.1) is 6.61 Å². The molecule has 6 heteroatoms. The van der Waals surface area contributed by atoms with Crippen molar-refractivity contribution in [2.24, 2.45) is 5.73 Å². The Kier molecular flexibility index (Phi) is 15.5. The van der Waals surface area contributed by atoms with Gasteiger partial charge in [0.15, 0.2) is 0 Å². The number of amides is 1. The monoisotopic (exact) mass is 448 g/mol. The topological polar surface area (TPSA) is 105 Å². The van der Waals surface area contributed by atoms with Gasteiger partial charge in [-0.2, -0.15) is 0 Å². The van der Waals surface area contributed by atoms with Crippen LogP contribution in [0.5, 0.6) is 0 Å². The standard InChI is InChI=1S/C26H44N2O4/c1-2-3-4-5-6-7-8-9-10-11-12-13-17-20-24(30)26(27,22-29)28-25(31)32-21-23-18-15-14-16-19-23/h14-20,24,29-30H,2-13,21-22,27H2,1H3,(H,28,31). The van der Waals surface area contributed by atoms with Gasteiger partial charge < -0.3 is 20.7 Å². The Morgan fingerprint density at radius 3 is 2.16 bits per heavy atom. The van der Waals surface area contributed by atoms with Crippen molar-refractivity contribution in [3.63, 3.8) is 0 Å². The van der Waals surface area contributed by atoms with Gasteiger partial charge in [-0.05, 0) is 18.4 Å². The fourth-order valence-corrected chi connectivity index (χ4v) is 3.48. The summed E-state index contributed by atoms with van der Waals surface area (Å²) in [6.45, 7) is 1.71. The third-order valence-electron chi connectivity index (χ3n) is 5.63. The first-order valence-electron chi connectivity index (χ1n) is 12.2. The second-order valence-electron chi connectivity index (χ2n) is 8.58. The lowest BCUT2D eigenvalue weighted by Gasteiger charge is -2.31. The zero-order chi connectivity index (χ0) is 23.5. The summed E-state index contributed by atoms with van der Waals surface area (Å²) in [5, 5.41) is 22.3. The molecule has 1 amide bonds. The van der Waals surface area contributed by atoms with Crippen LogP contribution in [-0.2, 0) is 11.3 Å². The molecule has 0 radical (unpaired) electrons. The molecule has 6 nitrogen and oxygen atoms in total. The summed E-state index contributed by atoms with van der Waals surface area (Å²) >= 11 is 0. The molecule has 0 heterocycles. The molecule has 182 valence electrons. The molecule has 1 rings (SSSR count). The predicted octanol–water partition coefficient (Wildman–Crippen LogP) is 5.18. The van der Waals surface area contributed by atoms with Gasteiger partial charge in [0.25, 0.3) is 0 Å². The van der Waals surface area contributed by atoms with Crippen molar-refractivity contribution < 1.29 is 19.7 Å². The highest BCUT2D eigenvalue weighted by Crippen LogP contribution is 2.13. The molecular formula is C26H44N2O4. The first-order chi connectivity index (χ1) is 15.5. The van der Waals surface area contributed by atoms with E-state index in [1.807, 2.05) is 36.4 Å². The number of alkyl carbamates (subject to hydrolysis) is 1. The van der Waals surface area contributed by atoms with Crippen LogP contribution < -0.4 is 11.1 Å². The fourth-order valence-electron chi connectivity index (χ4n) is 3.48. The Balaban J connectivity index is 2.17. The smallest absolute Gasteiger partial charge is 0.409 e. The van der Waals surface area contributed by atoms with Crippen molar-refractivity contribution in [3.8, 4) is 0 Å². The molecule has 1 aromatic rings. The molecule has 0 aliphatic heterocycles. The van der Waals surface area contributed by atoms with E-state index < -0.39 is 24.5 Å². The van der Waals surface area contributed by atoms with Crippen molar-refractivity contribution in [1.29, 1.82) is 0 Å². The van der Waals surface area contributed by atoms with Crippen molar-refractivity contribution in [3.05, 3.63) is 48.0 Å². The number of allylic oxidation sites excluding steroid dienone is 1. The number of aliphatic hydroxyl groups is 2. The van der Waals surface area contributed by atoms with Gasteiger partial charge in [-0.1, -0.05) is 114 Å². The normalized spacial score (nSPS) is 14.2. The summed E-state index contributed by atoms with van der Waals surface area (Å²) in [5.74, 6) is 0. The average molecular weight is 449 g/mol. The zero-order valence-corrected chi connectivity index (χ0v) is 19.8. The lowest BCUT2D eigenvalue weighted by Crippen LogP contribution is -2.65. The number of rotatable bonds is 18. The Morgan fingerprint density at radius 1 is 1.03 bits per heavy atom. The number of benzene rings is 1. The summed E-state index contributed by atoms with van der Waals surface area (Å²) in [5.41, 5.74) is 5.14. The minimum Gasteiger partial charge on any atom is -0.445 e. The lowest BCUT2D eigenvalue weighted by atomic mass is 10.0. The highest BCUT2D eigenvalue weighted by Gasteiger charge is 2.34. The molecule has 0 saturated carbocycles. The van der Waals surface area contributed by atoms with Crippen LogP contribution in [0.25, 0.3) is 0 Å². The molecule has 0 aliphatic rings. The van der Waals surface area contributed by atoms with Gasteiger partial charge in [-0.25, -0.2) is 4.79 Å². The molecule has 0 saturated heterocycles. The van der Waals surface area contributed by atoms with Crippen LogP contribution in [0.4, 0.5) is 4.79 Å². The third-order valence-corrected chi connectivity index (χ3v) is 5.63. The van der Waals surface area contributed by atoms with E-state index in [9.17, 15) is 15.0 Å². The number of nitrogens with two attached hydrogens (primary N) is 1. The second-order valence-corrected chi connectivity index (χ2v) is 8.58. The number of aliphatic hydroxyl groups excluding tert-OH is 2. The molecule has 5 N–H and O–H groups in total. The minimum atomic E-state index is -1.69. The van der Waals surface area contributed by atoms with Gasteiger partial charge in [-0.3, -0.25) is 5.32 Å². The number of carbonyl (C=O) groups is 1. The van der Waals surface area contributed by atoms with Crippen molar-refractivity contribution in [2.45, 2.75) is 102 Å². The summed E-state index contributed by atoms with van der Waals surface area (Å²) in [6, 6.07) is 9.24. The Morgan fingerprint density at radius 2 is 1.59 bits per heavy atom. The lowest BCUT2D eigenvalue weighted by molar-refractivity contribution is 0.0425.